The van der Waals surface area contributed by atoms with Crippen LogP contribution in [0.2, 0.25) is 0 Å². The van der Waals surface area contributed by atoms with E-state index in [1.54, 1.807) is 0 Å². The van der Waals surface area contributed by atoms with Crippen molar-refractivity contribution in [3.05, 3.63) is 11.4 Å². The first-order valence-corrected chi connectivity index (χ1v) is 4.05. The third kappa shape index (κ3) is 1.02. The largest absolute Gasteiger partial charge is 0.395 e. The molecule has 14 heavy (non-hydrogen) atoms. The highest BCUT2D eigenvalue weighted by Crippen LogP contribution is 2.18. The minimum absolute atomic E-state index is 0.0444. The average molecular weight is 195 g/mol. The fourth-order valence-electron chi connectivity index (χ4n) is 1.42. The van der Waals surface area contributed by atoms with Gasteiger partial charge in [0.2, 0.25) is 0 Å². The number of primary amides is 1. The Balaban J connectivity index is 2.60. The molecule has 1 aliphatic rings. The van der Waals surface area contributed by atoms with Crippen LogP contribution in [0.4, 0.5) is 5.69 Å². The Morgan fingerprint density at radius 3 is 2.86 bits per heavy atom. The van der Waals surface area contributed by atoms with E-state index < -0.39 is 5.91 Å². The number of carbonyl (C=O) groups excluding carboxylic acids is 2. The Morgan fingerprint density at radius 2 is 2.29 bits per heavy atom. The quantitative estimate of drug-likeness (QED) is 0.495. The molecule has 0 radical (unpaired) electrons. The maximum absolute atomic E-state index is 11.3. The van der Waals surface area contributed by atoms with Crippen molar-refractivity contribution in [1.82, 2.24) is 15.1 Å². The van der Waals surface area contributed by atoms with Gasteiger partial charge in [0.15, 0.2) is 5.69 Å². The highest BCUT2D eigenvalue weighted by Gasteiger charge is 2.26. The topological polar surface area (TPSA) is 116 Å². The van der Waals surface area contributed by atoms with Crippen molar-refractivity contribution in [3.63, 3.8) is 0 Å². The summed E-state index contributed by atoms with van der Waals surface area (Å²) < 4.78 is 1.40. The van der Waals surface area contributed by atoms with Crippen LogP contribution in [-0.4, -0.2) is 28.1 Å². The summed E-state index contributed by atoms with van der Waals surface area (Å²) in [4.78, 5) is 22.2. The standard InChI is InChI=1S/C7H9N5O2/c8-3-4(6(9)13)11-12-2-1-10-7(14)5(3)12/h1-2,8H2,(H2,9,13)(H,10,14). The summed E-state index contributed by atoms with van der Waals surface area (Å²) in [5.74, 6) is -1.05. The van der Waals surface area contributed by atoms with Crippen LogP contribution >= 0.6 is 0 Å². The summed E-state index contributed by atoms with van der Waals surface area (Å²) in [5, 5.41) is 6.46. The van der Waals surface area contributed by atoms with Gasteiger partial charge in [0.05, 0.1) is 12.2 Å². The van der Waals surface area contributed by atoms with Gasteiger partial charge < -0.3 is 16.8 Å². The minimum atomic E-state index is -0.725. The summed E-state index contributed by atoms with van der Waals surface area (Å²) in [6, 6.07) is 0. The van der Waals surface area contributed by atoms with E-state index in [1.807, 2.05) is 0 Å². The number of hydrogen-bond acceptors (Lipinski definition) is 4. The van der Waals surface area contributed by atoms with Crippen LogP contribution in [0.1, 0.15) is 21.0 Å². The van der Waals surface area contributed by atoms with Crippen LogP contribution in [0.25, 0.3) is 0 Å². The summed E-state index contributed by atoms with van der Waals surface area (Å²) in [7, 11) is 0. The van der Waals surface area contributed by atoms with Crippen LogP contribution in [0.5, 0.6) is 0 Å². The number of fused-ring (bicyclic) bond motifs is 1. The van der Waals surface area contributed by atoms with Gasteiger partial charge >= 0.3 is 0 Å². The number of nitrogens with two attached hydrogens (primary N) is 2. The molecule has 1 aliphatic heterocycles. The van der Waals surface area contributed by atoms with E-state index in [2.05, 4.69) is 10.4 Å². The molecule has 7 nitrogen and oxygen atoms in total. The van der Waals surface area contributed by atoms with Gasteiger partial charge in [-0.05, 0) is 0 Å². The summed E-state index contributed by atoms with van der Waals surface area (Å²) in [6.07, 6.45) is 0. The highest BCUT2D eigenvalue weighted by molar-refractivity contribution is 6.05. The third-order valence-electron chi connectivity index (χ3n) is 2.05. The molecular weight excluding hydrogens is 186 g/mol. The van der Waals surface area contributed by atoms with Crippen molar-refractivity contribution in [3.8, 4) is 0 Å². The van der Waals surface area contributed by atoms with Crippen molar-refractivity contribution in [2.24, 2.45) is 5.73 Å². The van der Waals surface area contributed by atoms with Crippen molar-refractivity contribution in [2.75, 3.05) is 12.3 Å². The average Bonchev–Trinajstić information content (AvgIpc) is 2.45. The molecule has 2 heterocycles. The molecule has 0 fully saturated rings. The van der Waals surface area contributed by atoms with E-state index in [4.69, 9.17) is 11.5 Å². The highest BCUT2D eigenvalue weighted by atomic mass is 16.2. The summed E-state index contributed by atoms with van der Waals surface area (Å²) >= 11 is 0. The van der Waals surface area contributed by atoms with Gasteiger partial charge in [-0.1, -0.05) is 0 Å². The number of nitrogen functional groups attached to an aromatic ring is 1. The Labute approximate surface area is 79.0 Å². The monoisotopic (exact) mass is 195 g/mol. The van der Waals surface area contributed by atoms with Crippen LogP contribution < -0.4 is 16.8 Å². The molecule has 5 N–H and O–H groups in total. The SMILES string of the molecule is NC(=O)c1nn2c(c1N)C(=O)NCC2. The van der Waals surface area contributed by atoms with E-state index in [1.165, 1.54) is 4.68 Å². The first-order chi connectivity index (χ1) is 6.61. The molecule has 0 aliphatic carbocycles. The van der Waals surface area contributed by atoms with Gasteiger partial charge in [0, 0.05) is 6.54 Å². The van der Waals surface area contributed by atoms with E-state index in [0.717, 1.165) is 0 Å². The second kappa shape index (κ2) is 2.72. The van der Waals surface area contributed by atoms with Gasteiger partial charge in [0.25, 0.3) is 11.8 Å². The zero-order chi connectivity index (χ0) is 10.3. The molecule has 1 aromatic heterocycles. The molecule has 0 unspecified atom stereocenters. The molecule has 2 amide bonds. The maximum atomic E-state index is 11.3. The van der Waals surface area contributed by atoms with Crippen molar-refractivity contribution >= 4 is 17.5 Å². The number of carbonyl (C=O) groups is 2. The fourth-order valence-corrected chi connectivity index (χ4v) is 1.42. The van der Waals surface area contributed by atoms with E-state index in [-0.39, 0.29) is 23.0 Å². The lowest BCUT2D eigenvalue weighted by atomic mass is 10.2. The van der Waals surface area contributed by atoms with Gasteiger partial charge in [0.1, 0.15) is 5.69 Å². The van der Waals surface area contributed by atoms with Gasteiger partial charge in [-0.15, -0.1) is 0 Å². The number of hydrogen-bond donors (Lipinski definition) is 3. The second-order valence-electron chi connectivity index (χ2n) is 2.95. The maximum Gasteiger partial charge on any atom is 0.271 e. The van der Waals surface area contributed by atoms with E-state index in [9.17, 15) is 9.59 Å². The fraction of sp³-hybridized carbons (Fsp3) is 0.286. The molecule has 74 valence electrons. The smallest absolute Gasteiger partial charge is 0.271 e. The van der Waals surface area contributed by atoms with Crippen LogP contribution in [0.15, 0.2) is 0 Å². The van der Waals surface area contributed by atoms with Gasteiger partial charge in [-0.25, -0.2) is 0 Å². The first-order valence-electron chi connectivity index (χ1n) is 4.05. The molecule has 2 rings (SSSR count). The predicted molar refractivity (Wildman–Crippen MR) is 47.5 cm³/mol. The summed E-state index contributed by atoms with van der Waals surface area (Å²) in [6.45, 7) is 0.976. The number of anilines is 1. The molecule has 7 heteroatoms. The molecule has 0 saturated carbocycles. The molecule has 1 aromatic rings. The zero-order valence-corrected chi connectivity index (χ0v) is 7.28. The molecule has 0 saturated heterocycles. The van der Waals surface area contributed by atoms with Crippen LogP contribution in [0, 0.1) is 0 Å². The first kappa shape index (κ1) is 8.54. The second-order valence-corrected chi connectivity index (χ2v) is 2.95. The molecule has 0 bridgehead atoms. The lowest BCUT2D eigenvalue weighted by Crippen LogP contribution is -2.35. The Morgan fingerprint density at radius 1 is 1.57 bits per heavy atom. The molecule has 0 spiro atoms. The Hall–Kier alpha value is -2.05. The molecule has 0 atom stereocenters. The van der Waals surface area contributed by atoms with E-state index >= 15 is 0 Å². The number of aromatic nitrogens is 2. The van der Waals surface area contributed by atoms with Crippen molar-refractivity contribution in [1.29, 1.82) is 0 Å². The predicted octanol–water partition coefficient (Wildman–Crippen LogP) is -1.69. The van der Waals surface area contributed by atoms with Crippen LogP contribution in [-0.2, 0) is 6.54 Å². The van der Waals surface area contributed by atoms with Crippen molar-refractivity contribution < 1.29 is 9.59 Å². The van der Waals surface area contributed by atoms with Gasteiger partial charge in [-0.3, -0.25) is 14.3 Å². The number of nitrogens with zero attached hydrogens (tertiary/aromatic N) is 2. The lowest BCUT2D eigenvalue weighted by Gasteiger charge is -2.13. The third-order valence-corrected chi connectivity index (χ3v) is 2.05. The zero-order valence-electron chi connectivity index (χ0n) is 7.28. The van der Waals surface area contributed by atoms with Gasteiger partial charge in [-0.2, -0.15) is 5.10 Å². The van der Waals surface area contributed by atoms with E-state index in [0.29, 0.717) is 13.1 Å². The number of rotatable bonds is 1. The summed E-state index contributed by atoms with van der Waals surface area (Å²) in [5.41, 5.74) is 10.8. The lowest BCUT2D eigenvalue weighted by molar-refractivity contribution is 0.0923. The number of nitrogens with one attached hydrogen (secondary N) is 1. The Bertz CT molecular complexity index is 422. The normalized spacial score (nSPS) is 14.7. The number of amides is 2. The van der Waals surface area contributed by atoms with Crippen molar-refractivity contribution in [2.45, 2.75) is 6.54 Å². The Kier molecular flexibility index (Phi) is 1.66. The minimum Gasteiger partial charge on any atom is -0.395 e. The van der Waals surface area contributed by atoms with Crippen LogP contribution in [0.3, 0.4) is 0 Å². The molecular formula is C7H9N5O2. The molecule has 0 aromatic carbocycles.